The molecule has 0 amide bonds. The summed E-state index contributed by atoms with van der Waals surface area (Å²) in [5.41, 5.74) is 5.09. The van der Waals surface area contributed by atoms with E-state index in [0.29, 0.717) is 6.61 Å². The van der Waals surface area contributed by atoms with E-state index in [1.807, 2.05) is 6.92 Å². The van der Waals surface area contributed by atoms with E-state index in [1.165, 1.54) is 0 Å². The molecule has 0 aliphatic carbocycles. The molecular weight excluding hydrogens is 106 g/mol. The lowest BCUT2D eigenvalue weighted by Crippen LogP contribution is -2.14. The molecule has 0 rings (SSSR count). The molecule has 0 aromatic carbocycles. The average molecular weight is 115 g/mol. The van der Waals surface area contributed by atoms with Gasteiger partial charge >= 0.3 is 6.02 Å². The second-order valence-corrected chi connectivity index (χ2v) is 1.01. The van der Waals surface area contributed by atoms with Gasteiger partial charge in [-0.1, -0.05) is 5.10 Å². The molecule has 0 unspecified atom stereocenters. The fourth-order valence-electron chi connectivity index (χ4n) is 0.246. The molecule has 0 heterocycles. The SMILES string of the molecule is C=N/N=C(/N)OCC. The summed E-state index contributed by atoms with van der Waals surface area (Å²) in [6, 6.07) is 0.0579. The Morgan fingerprint density at radius 3 is 2.88 bits per heavy atom. The minimum absolute atomic E-state index is 0.0579. The van der Waals surface area contributed by atoms with Crippen molar-refractivity contribution in [1.29, 1.82) is 0 Å². The summed E-state index contributed by atoms with van der Waals surface area (Å²) in [6.07, 6.45) is 0. The third-order valence-electron chi connectivity index (χ3n) is 0.461. The Kier molecular flexibility index (Phi) is 3.56. The zero-order chi connectivity index (χ0) is 6.41. The summed E-state index contributed by atoms with van der Waals surface area (Å²) in [4.78, 5) is 0. The van der Waals surface area contributed by atoms with Gasteiger partial charge in [0, 0.05) is 6.72 Å². The van der Waals surface area contributed by atoms with Crippen molar-refractivity contribution in [2.45, 2.75) is 6.92 Å². The van der Waals surface area contributed by atoms with Crippen LogP contribution in [-0.2, 0) is 4.74 Å². The zero-order valence-electron chi connectivity index (χ0n) is 4.79. The standard InChI is InChI=1S/C4H9N3O/c1-3-8-4(5)7-6-2/h2-3H2,1H3,(H2,5,7). The van der Waals surface area contributed by atoms with Crippen LogP contribution in [0.4, 0.5) is 0 Å². The Labute approximate surface area is 48.0 Å². The predicted octanol–water partition coefficient (Wildman–Crippen LogP) is -0.0468. The van der Waals surface area contributed by atoms with Crippen LogP contribution in [0.2, 0.25) is 0 Å². The van der Waals surface area contributed by atoms with Crippen molar-refractivity contribution in [3.05, 3.63) is 0 Å². The highest BCUT2D eigenvalue weighted by Crippen LogP contribution is 1.73. The summed E-state index contributed by atoms with van der Waals surface area (Å²) in [5.74, 6) is 0. The second kappa shape index (κ2) is 4.11. The molecular formula is C4H9N3O. The first-order valence-corrected chi connectivity index (χ1v) is 2.23. The van der Waals surface area contributed by atoms with Crippen LogP contribution >= 0.6 is 0 Å². The fourth-order valence-corrected chi connectivity index (χ4v) is 0.246. The van der Waals surface area contributed by atoms with Crippen molar-refractivity contribution in [3.8, 4) is 0 Å². The van der Waals surface area contributed by atoms with Gasteiger partial charge in [0.2, 0.25) is 0 Å². The molecule has 0 aromatic heterocycles. The molecule has 0 aromatic rings. The highest BCUT2D eigenvalue weighted by molar-refractivity contribution is 5.71. The van der Waals surface area contributed by atoms with Crippen LogP contribution in [0, 0.1) is 0 Å². The van der Waals surface area contributed by atoms with E-state index in [9.17, 15) is 0 Å². The number of rotatable bonds is 2. The van der Waals surface area contributed by atoms with Crippen molar-refractivity contribution in [2.24, 2.45) is 15.9 Å². The van der Waals surface area contributed by atoms with E-state index < -0.39 is 0 Å². The number of ether oxygens (including phenoxy) is 1. The van der Waals surface area contributed by atoms with E-state index in [0.717, 1.165) is 0 Å². The Morgan fingerprint density at radius 2 is 2.50 bits per heavy atom. The molecule has 8 heavy (non-hydrogen) atoms. The maximum atomic E-state index is 5.09. The molecule has 0 fully saturated rings. The topological polar surface area (TPSA) is 60.0 Å². The van der Waals surface area contributed by atoms with Crippen molar-refractivity contribution < 1.29 is 4.74 Å². The lowest BCUT2D eigenvalue weighted by atomic mass is 10.9. The smallest absolute Gasteiger partial charge is 0.305 e. The second-order valence-electron chi connectivity index (χ2n) is 1.01. The van der Waals surface area contributed by atoms with Crippen LogP contribution < -0.4 is 5.73 Å². The van der Waals surface area contributed by atoms with Gasteiger partial charge in [-0.2, -0.15) is 5.10 Å². The molecule has 2 N–H and O–H groups in total. The normalized spacial score (nSPS) is 10.9. The number of nitrogens with zero attached hydrogens (tertiary/aromatic N) is 2. The molecule has 0 aliphatic rings. The first kappa shape index (κ1) is 6.94. The molecule has 0 aliphatic heterocycles. The molecule has 4 nitrogen and oxygen atoms in total. The number of nitrogens with two attached hydrogens (primary N) is 1. The lowest BCUT2D eigenvalue weighted by molar-refractivity contribution is 0.320. The van der Waals surface area contributed by atoms with Gasteiger partial charge in [0.25, 0.3) is 0 Å². The van der Waals surface area contributed by atoms with Gasteiger partial charge in [0.15, 0.2) is 0 Å². The van der Waals surface area contributed by atoms with Crippen molar-refractivity contribution in [1.82, 2.24) is 0 Å². The fraction of sp³-hybridized carbons (Fsp3) is 0.500. The predicted molar refractivity (Wildman–Crippen MR) is 32.8 cm³/mol. The molecule has 0 saturated carbocycles. The number of hydrogen-bond acceptors (Lipinski definition) is 3. The van der Waals surface area contributed by atoms with Gasteiger partial charge < -0.3 is 10.5 Å². The first-order chi connectivity index (χ1) is 3.81. The Balaban J connectivity index is 3.44. The van der Waals surface area contributed by atoms with E-state index in [1.54, 1.807) is 0 Å². The van der Waals surface area contributed by atoms with Gasteiger partial charge in [-0.05, 0) is 6.92 Å². The van der Waals surface area contributed by atoms with Crippen LogP contribution in [-0.4, -0.2) is 19.3 Å². The van der Waals surface area contributed by atoms with Crippen molar-refractivity contribution >= 4 is 12.7 Å². The van der Waals surface area contributed by atoms with Crippen LogP contribution in [0.25, 0.3) is 0 Å². The van der Waals surface area contributed by atoms with Crippen molar-refractivity contribution in [2.75, 3.05) is 6.61 Å². The van der Waals surface area contributed by atoms with Gasteiger partial charge in [-0.3, -0.25) is 0 Å². The van der Waals surface area contributed by atoms with Crippen LogP contribution in [0.3, 0.4) is 0 Å². The monoisotopic (exact) mass is 115 g/mol. The minimum atomic E-state index is 0.0579. The zero-order valence-corrected chi connectivity index (χ0v) is 4.79. The lowest BCUT2D eigenvalue weighted by Gasteiger charge is -1.95. The Bertz CT molecular complexity index is 99.5. The summed E-state index contributed by atoms with van der Waals surface area (Å²) >= 11 is 0. The van der Waals surface area contributed by atoms with Gasteiger partial charge in [-0.25, -0.2) is 0 Å². The molecule has 0 radical (unpaired) electrons. The van der Waals surface area contributed by atoms with E-state index in [4.69, 9.17) is 5.73 Å². The summed E-state index contributed by atoms with van der Waals surface area (Å²) < 4.78 is 4.68. The number of amidine groups is 1. The first-order valence-electron chi connectivity index (χ1n) is 2.23. The molecule has 4 heteroatoms. The Morgan fingerprint density at radius 1 is 1.88 bits per heavy atom. The highest BCUT2D eigenvalue weighted by atomic mass is 16.5. The van der Waals surface area contributed by atoms with E-state index in [2.05, 4.69) is 21.7 Å². The quantitative estimate of drug-likeness (QED) is 0.311. The maximum absolute atomic E-state index is 5.09. The maximum Gasteiger partial charge on any atom is 0.305 e. The van der Waals surface area contributed by atoms with Gasteiger partial charge in [0.05, 0.1) is 6.61 Å². The Hall–Kier alpha value is -1.06. The third kappa shape index (κ3) is 3.14. The van der Waals surface area contributed by atoms with Crippen LogP contribution in [0.15, 0.2) is 10.2 Å². The average Bonchev–Trinajstić information content (AvgIpc) is 1.68. The molecule has 0 bridgehead atoms. The van der Waals surface area contributed by atoms with Gasteiger partial charge in [0.1, 0.15) is 0 Å². The molecule has 0 spiro atoms. The minimum Gasteiger partial charge on any atom is -0.464 e. The molecule has 0 saturated heterocycles. The third-order valence-corrected chi connectivity index (χ3v) is 0.461. The summed E-state index contributed by atoms with van der Waals surface area (Å²) in [6.45, 7) is 5.40. The molecule has 46 valence electrons. The highest BCUT2D eigenvalue weighted by Gasteiger charge is 1.83. The van der Waals surface area contributed by atoms with E-state index in [-0.39, 0.29) is 6.02 Å². The molecule has 0 atom stereocenters. The van der Waals surface area contributed by atoms with Gasteiger partial charge in [-0.15, -0.1) is 0 Å². The van der Waals surface area contributed by atoms with E-state index >= 15 is 0 Å². The largest absolute Gasteiger partial charge is 0.464 e. The summed E-state index contributed by atoms with van der Waals surface area (Å²) in [7, 11) is 0. The summed E-state index contributed by atoms with van der Waals surface area (Å²) in [5, 5.41) is 6.44. The van der Waals surface area contributed by atoms with Crippen molar-refractivity contribution in [3.63, 3.8) is 0 Å². The number of hydrogen-bond donors (Lipinski definition) is 1. The van der Waals surface area contributed by atoms with Crippen LogP contribution in [0.1, 0.15) is 6.92 Å². The van der Waals surface area contributed by atoms with Crippen LogP contribution in [0.5, 0.6) is 0 Å².